The van der Waals surface area contributed by atoms with Crippen LogP contribution in [0.1, 0.15) is 31.4 Å². The molecule has 1 unspecified atom stereocenters. The third kappa shape index (κ3) is 3.74. The third-order valence-electron chi connectivity index (χ3n) is 2.39. The van der Waals surface area contributed by atoms with E-state index in [2.05, 4.69) is 19.1 Å². The van der Waals surface area contributed by atoms with Crippen molar-refractivity contribution < 1.29 is 9.53 Å². The molecule has 0 aliphatic carbocycles. The number of carbonyl (C=O) groups is 1. The van der Waals surface area contributed by atoms with Crippen molar-refractivity contribution >= 4 is 5.97 Å². The Labute approximate surface area is 91.3 Å². The summed E-state index contributed by atoms with van der Waals surface area (Å²) in [6, 6.07) is 8.17. The third-order valence-corrected chi connectivity index (χ3v) is 2.39. The zero-order valence-corrected chi connectivity index (χ0v) is 9.62. The van der Waals surface area contributed by atoms with Gasteiger partial charge in [0.1, 0.15) is 6.10 Å². The first-order valence-electron chi connectivity index (χ1n) is 5.37. The van der Waals surface area contributed by atoms with E-state index in [9.17, 15) is 4.79 Å². The van der Waals surface area contributed by atoms with E-state index in [-0.39, 0.29) is 12.1 Å². The van der Waals surface area contributed by atoms with Crippen molar-refractivity contribution in [3.8, 4) is 0 Å². The summed E-state index contributed by atoms with van der Waals surface area (Å²) in [5.74, 6) is -0.129. The predicted molar refractivity (Wildman–Crippen MR) is 60.7 cm³/mol. The van der Waals surface area contributed by atoms with E-state index in [4.69, 9.17) is 4.74 Å². The highest BCUT2D eigenvalue weighted by atomic mass is 16.5. The van der Waals surface area contributed by atoms with Gasteiger partial charge in [-0.3, -0.25) is 4.79 Å². The molecule has 0 bridgehead atoms. The molecule has 0 amide bonds. The van der Waals surface area contributed by atoms with E-state index >= 15 is 0 Å². The van der Waals surface area contributed by atoms with E-state index < -0.39 is 0 Å². The molecule has 0 aliphatic rings. The largest absolute Gasteiger partial charge is 0.462 e. The molecule has 0 aromatic heterocycles. The predicted octanol–water partition coefficient (Wildman–Crippen LogP) is 2.88. The first-order chi connectivity index (χ1) is 7.13. The zero-order valence-electron chi connectivity index (χ0n) is 9.62. The van der Waals surface area contributed by atoms with Crippen molar-refractivity contribution in [2.45, 2.75) is 39.7 Å². The number of esters is 1. The molecule has 0 spiro atoms. The Bertz CT molecular complexity index is 331. The van der Waals surface area contributed by atoms with Gasteiger partial charge in [-0.15, -0.1) is 0 Å². The molecular formula is C13H18O2. The summed E-state index contributed by atoms with van der Waals surface area (Å²) in [7, 11) is 0. The minimum Gasteiger partial charge on any atom is -0.462 e. The van der Waals surface area contributed by atoms with Crippen molar-refractivity contribution in [1.29, 1.82) is 0 Å². The van der Waals surface area contributed by atoms with E-state index in [1.54, 1.807) is 0 Å². The number of ether oxygens (including phenoxy) is 1. The lowest BCUT2D eigenvalue weighted by atomic mass is 10.0. The minimum absolute atomic E-state index is 0.0430. The number of aryl methyl sites for hydroxylation is 1. The molecule has 1 atom stereocenters. The Morgan fingerprint density at radius 1 is 1.40 bits per heavy atom. The zero-order chi connectivity index (χ0) is 11.3. The monoisotopic (exact) mass is 206 g/mol. The van der Waals surface area contributed by atoms with Crippen LogP contribution < -0.4 is 0 Å². The standard InChI is InChI=1S/C13H18O2/c1-4-13(14)15-11(3)9-12-8-6-5-7-10(12)2/h5-8,11H,4,9H2,1-3H3. The summed E-state index contributed by atoms with van der Waals surface area (Å²) in [5.41, 5.74) is 2.49. The van der Waals surface area contributed by atoms with E-state index in [0.717, 1.165) is 6.42 Å². The van der Waals surface area contributed by atoms with Gasteiger partial charge < -0.3 is 4.74 Å². The Balaban J connectivity index is 2.55. The van der Waals surface area contributed by atoms with Crippen LogP contribution in [0.4, 0.5) is 0 Å². The SMILES string of the molecule is CCC(=O)OC(C)Cc1ccccc1C. The van der Waals surface area contributed by atoms with Crippen molar-refractivity contribution in [1.82, 2.24) is 0 Å². The highest BCUT2D eigenvalue weighted by molar-refractivity contribution is 5.69. The van der Waals surface area contributed by atoms with Gasteiger partial charge in [0.25, 0.3) is 0 Å². The second-order valence-electron chi connectivity index (χ2n) is 3.78. The molecule has 0 saturated carbocycles. The van der Waals surface area contributed by atoms with Crippen LogP contribution in [0.3, 0.4) is 0 Å². The number of rotatable bonds is 4. The molecule has 82 valence electrons. The lowest BCUT2D eigenvalue weighted by Crippen LogP contribution is -2.16. The number of hydrogen-bond donors (Lipinski definition) is 0. The molecule has 0 heterocycles. The normalized spacial score (nSPS) is 12.2. The Kier molecular flexibility index (Phi) is 4.35. The van der Waals surface area contributed by atoms with Crippen LogP contribution in [0.5, 0.6) is 0 Å². The molecular weight excluding hydrogens is 188 g/mol. The summed E-state index contributed by atoms with van der Waals surface area (Å²) in [6.45, 7) is 5.81. The van der Waals surface area contributed by atoms with Crippen molar-refractivity contribution in [3.63, 3.8) is 0 Å². The first-order valence-corrected chi connectivity index (χ1v) is 5.37. The van der Waals surface area contributed by atoms with Gasteiger partial charge in [0.05, 0.1) is 0 Å². The summed E-state index contributed by atoms with van der Waals surface area (Å²) in [6.07, 6.45) is 1.19. The van der Waals surface area contributed by atoms with Crippen LogP contribution in [-0.2, 0) is 16.0 Å². The van der Waals surface area contributed by atoms with Gasteiger partial charge in [0, 0.05) is 12.8 Å². The molecule has 2 nitrogen and oxygen atoms in total. The Morgan fingerprint density at radius 2 is 2.07 bits per heavy atom. The lowest BCUT2D eigenvalue weighted by molar-refractivity contribution is -0.147. The van der Waals surface area contributed by atoms with Crippen LogP contribution in [0.25, 0.3) is 0 Å². The maximum atomic E-state index is 11.1. The fourth-order valence-corrected chi connectivity index (χ4v) is 1.50. The van der Waals surface area contributed by atoms with Crippen molar-refractivity contribution in [2.75, 3.05) is 0 Å². The van der Waals surface area contributed by atoms with Gasteiger partial charge in [0.2, 0.25) is 0 Å². The molecule has 1 rings (SSSR count). The van der Waals surface area contributed by atoms with E-state index in [1.165, 1.54) is 11.1 Å². The maximum absolute atomic E-state index is 11.1. The molecule has 0 aliphatic heterocycles. The first kappa shape index (κ1) is 11.8. The van der Waals surface area contributed by atoms with E-state index in [1.807, 2.05) is 26.0 Å². The van der Waals surface area contributed by atoms with Crippen LogP contribution in [0.15, 0.2) is 24.3 Å². The van der Waals surface area contributed by atoms with E-state index in [0.29, 0.717) is 6.42 Å². The molecule has 0 radical (unpaired) electrons. The van der Waals surface area contributed by atoms with Gasteiger partial charge >= 0.3 is 5.97 Å². The van der Waals surface area contributed by atoms with Crippen LogP contribution in [0, 0.1) is 6.92 Å². The average molecular weight is 206 g/mol. The topological polar surface area (TPSA) is 26.3 Å². The molecule has 0 N–H and O–H groups in total. The van der Waals surface area contributed by atoms with Crippen molar-refractivity contribution in [3.05, 3.63) is 35.4 Å². The fourth-order valence-electron chi connectivity index (χ4n) is 1.50. The number of benzene rings is 1. The van der Waals surface area contributed by atoms with Gasteiger partial charge in [-0.1, -0.05) is 31.2 Å². The summed E-state index contributed by atoms with van der Waals surface area (Å²) in [4.78, 5) is 11.1. The van der Waals surface area contributed by atoms with Crippen LogP contribution >= 0.6 is 0 Å². The lowest BCUT2D eigenvalue weighted by Gasteiger charge is -2.13. The molecule has 0 fully saturated rings. The second-order valence-corrected chi connectivity index (χ2v) is 3.78. The van der Waals surface area contributed by atoms with Crippen molar-refractivity contribution in [2.24, 2.45) is 0 Å². The molecule has 15 heavy (non-hydrogen) atoms. The minimum atomic E-state index is -0.129. The highest BCUT2D eigenvalue weighted by Gasteiger charge is 2.09. The second kappa shape index (κ2) is 5.54. The Morgan fingerprint density at radius 3 is 2.67 bits per heavy atom. The quantitative estimate of drug-likeness (QED) is 0.708. The highest BCUT2D eigenvalue weighted by Crippen LogP contribution is 2.11. The smallest absolute Gasteiger partial charge is 0.305 e. The van der Waals surface area contributed by atoms with Crippen LogP contribution in [0.2, 0.25) is 0 Å². The van der Waals surface area contributed by atoms with Gasteiger partial charge in [-0.05, 0) is 25.0 Å². The summed E-state index contributed by atoms with van der Waals surface area (Å²) in [5, 5.41) is 0. The molecule has 1 aromatic rings. The van der Waals surface area contributed by atoms with Gasteiger partial charge in [0.15, 0.2) is 0 Å². The molecule has 0 saturated heterocycles. The molecule has 2 heteroatoms. The fraction of sp³-hybridized carbons (Fsp3) is 0.462. The number of hydrogen-bond acceptors (Lipinski definition) is 2. The maximum Gasteiger partial charge on any atom is 0.305 e. The summed E-state index contributed by atoms with van der Waals surface area (Å²) >= 11 is 0. The molecule has 1 aromatic carbocycles. The van der Waals surface area contributed by atoms with Gasteiger partial charge in [-0.25, -0.2) is 0 Å². The average Bonchev–Trinajstić information content (AvgIpc) is 2.21. The van der Waals surface area contributed by atoms with Crippen LogP contribution in [-0.4, -0.2) is 12.1 Å². The Hall–Kier alpha value is -1.31. The summed E-state index contributed by atoms with van der Waals surface area (Å²) < 4.78 is 5.22. The number of carbonyl (C=O) groups excluding carboxylic acids is 1. The van der Waals surface area contributed by atoms with Gasteiger partial charge in [-0.2, -0.15) is 0 Å².